The summed E-state index contributed by atoms with van der Waals surface area (Å²) in [6, 6.07) is 14.1. The maximum atomic E-state index is 13.2. The number of aromatic nitrogens is 2. The van der Waals surface area contributed by atoms with Gasteiger partial charge < -0.3 is 26.7 Å². The second kappa shape index (κ2) is 10.8. The summed E-state index contributed by atoms with van der Waals surface area (Å²) in [6.45, 7) is 5.03. The van der Waals surface area contributed by atoms with Crippen LogP contribution in [0, 0.1) is 0 Å². The molecule has 1 heterocycles. The van der Waals surface area contributed by atoms with Crippen molar-refractivity contribution in [3.63, 3.8) is 0 Å². The summed E-state index contributed by atoms with van der Waals surface area (Å²) in [7, 11) is 1.56. The van der Waals surface area contributed by atoms with E-state index in [4.69, 9.17) is 5.73 Å². The number of rotatable bonds is 8. The Labute approximate surface area is 204 Å². The number of amides is 4. The summed E-state index contributed by atoms with van der Waals surface area (Å²) in [5.41, 5.74) is 8.07. The van der Waals surface area contributed by atoms with E-state index < -0.39 is 17.5 Å². The number of carbonyl (C=O) groups is 3. The fraction of sp³-hybridized carbons (Fsp3) is 0.280. The first-order valence-electron chi connectivity index (χ1n) is 11.2. The van der Waals surface area contributed by atoms with Crippen molar-refractivity contribution in [3.05, 3.63) is 66.6 Å². The standard InChI is InChI=1S/C25H31N7O3/c1-16(30-23(34)25(2,3)26)22(33)32(21-13-28-15-29-21)14-17-9-11-18(12-10-17)19-7-5-6-8-20(19)31-24(35)27-4/h5-13,15-16H,14,26H2,1-4H3,(H,28,29)(H,30,34)(H2,27,31,35)/t16-/m1/s1. The first-order valence-corrected chi connectivity index (χ1v) is 11.2. The minimum atomic E-state index is -1.11. The lowest BCUT2D eigenvalue weighted by Gasteiger charge is -2.27. The third kappa shape index (κ3) is 6.45. The van der Waals surface area contributed by atoms with Gasteiger partial charge in [0.2, 0.25) is 5.91 Å². The molecule has 4 amide bonds. The van der Waals surface area contributed by atoms with Crippen molar-refractivity contribution in [2.75, 3.05) is 17.3 Å². The lowest BCUT2D eigenvalue weighted by molar-refractivity contribution is -0.129. The molecule has 0 saturated heterocycles. The maximum absolute atomic E-state index is 13.2. The number of para-hydroxylation sites is 1. The van der Waals surface area contributed by atoms with Crippen LogP contribution in [-0.2, 0) is 16.1 Å². The molecule has 0 aliphatic heterocycles. The van der Waals surface area contributed by atoms with Gasteiger partial charge in [0.15, 0.2) is 0 Å². The number of hydrogen-bond acceptors (Lipinski definition) is 5. The fourth-order valence-corrected chi connectivity index (χ4v) is 3.36. The van der Waals surface area contributed by atoms with Gasteiger partial charge in [-0.25, -0.2) is 9.78 Å². The van der Waals surface area contributed by atoms with E-state index in [0.717, 1.165) is 16.7 Å². The van der Waals surface area contributed by atoms with Crippen molar-refractivity contribution in [1.29, 1.82) is 0 Å². The van der Waals surface area contributed by atoms with Crippen molar-refractivity contribution in [1.82, 2.24) is 20.6 Å². The Balaban J connectivity index is 1.81. The van der Waals surface area contributed by atoms with Gasteiger partial charge in [0.1, 0.15) is 11.9 Å². The Hall–Kier alpha value is -4.18. The molecule has 184 valence electrons. The number of imidazole rings is 1. The molecule has 35 heavy (non-hydrogen) atoms. The van der Waals surface area contributed by atoms with Crippen LogP contribution in [0.3, 0.4) is 0 Å². The molecule has 0 bridgehead atoms. The van der Waals surface area contributed by atoms with Crippen molar-refractivity contribution >= 4 is 29.4 Å². The summed E-state index contributed by atoms with van der Waals surface area (Å²) < 4.78 is 0. The fourth-order valence-electron chi connectivity index (χ4n) is 3.36. The summed E-state index contributed by atoms with van der Waals surface area (Å²) in [4.78, 5) is 45.8. The molecule has 0 fully saturated rings. The zero-order valence-corrected chi connectivity index (χ0v) is 20.3. The summed E-state index contributed by atoms with van der Waals surface area (Å²) in [5, 5.41) is 8.04. The SMILES string of the molecule is CNC(=O)Nc1ccccc1-c1ccc(CN(C(=O)[C@@H](C)NC(=O)C(C)(C)N)c2cnc[nH]2)cc1. The largest absolute Gasteiger partial charge is 0.343 e. The molecule has 6 N–H and O–H groups in total. The van der Waals surface area contributed by atoms with Crippen LogP contribution in [0.5, 0.6) is 0 Å². The van der Waals surface area contributed by atoms with E-state index in [1.54, 1.807) is 34.0 Å². The molecule has 0 aliphatic carbocycles. The highest BCUT2D eigenvalue weighted by Gasteiger charge is 2.29. The highest BCUT2D eigenvalue weighted by molar-refractivity contribution is 5.99. The van der Waals surface area contributed by atoms with Crippen molar-refractivity contribution in [2.45, 2.75) is 38.9 Å². The number of nitrogens with zero attached hydrogens (tertiary/aromatic N) is 2. The Kier molecular flexibility index (Phi) is 7.87. The second-order valence-electron chi connectivity index (χ2n) is 8.72. The molecular formula is C25H31N7O3. The van der Waals surface area contributed by atoms with Crippen LogP contribution in [-0.4, -0.2) is 46.4 Å². The van der Waals surface area contributed by atoms with Crippen molar-refractivity contribution in [2.24, 2.45) is 5.73 Å². The average molecular weight is 478 g/mol. The van der Waals surface area contributed by atoms with Gasteiger partial charge in [-0.2, -0.15) is 0 Å². The summed E-state index contributed by atoms with van der Waals surface area (Å²) in [5.74, 6) is -0.223. The molecule has 3 aromatic rings. The summed E-state index contributed by atoms with van der Waals surface area (Å²) in [6.07, 6.45) is 3.04. The van der Waals surface area contributed by atoms with Crippen LogP contribution in [0.15, 0.2) is 61.1 Å². The number of nitrogens with one attached hydrogen (secondary N) is 4. The Morgan fingerprint density at radius 3 is 2.40 bits per heavy atom. The minimum absolute atomic E-state index is 0.256. The van der Waals surface area contributed by atoms with E-state index >= 15 is 0 Å². The lowest BCUT2D eigenvalue weighted by atomic mass is 10.0. The Morgan fingerprint density at radius 2 is 1.80 bits per heavy atom. The zero-order chi connectivity index (χ0) is 25.6. The number of H-pyrrole nitrogens is 1. The zero-order valence-electron chi connectivity index (χ0n) is 20.3. The average Bonchev–Trinajstić information content (AvgIpc) is 3.37. The molecule has 1 atom stereocenters. The van der Waals surface area contributed by atoms with Crippen LogP contribution in [0.25, 0.3) is 11.1 Å². The van der Waals surface area contributed by atoms with E-state index in [1.807, 2.05) is 48.5 Å². The van der Waals surface area contributed by atoms with Gasteiger partial charge in [-0.3, -0.25) is 14.5 Å². The third-order valence-electron chi connectivity index (χ3n) is 5.35. The molecular weight excluding hydrogens is 446 g/mol. The number of aromatic amines is 1. The van der Waals surface area contributed by atoms with Gasteiger partial charge in [-0.05, 0) is 38.0 Å². The molecule has 1 aromatic heterocycles. The first kappa shape index (κ1) is 25.4. The van der Waals surface area contributed by atoms with Crippen LogP contribution >= 0.6 is 0 Å². The van der Waals surface area contributed by atoms with Gasteiger partial charge in [-0.1, -0.05) is 42.5 Å². The predicted octanol–water partition coefficient (Wildman–Crippen LogP) is 2.60. The van der Waals surface area contributed by atoms with Crippen molar-refractivity contribution in [3.8, 4) is 11.1 Å². The van der Waals surface area contributed by atoms with E-state index in [-0.39, 0.29) is 18.5 Å². The van der Waals surface area contributed by atoms with E-state index in [2.05, 4.69) is 25.9 Å². The first-order chi connectivity index (χ1) is 16.6. The molecule has 0 radical (unpaired) electrons. The molecule has 0 aliphatic rings. The molecule has 0 spiro atoms. The molecule has 0 unspecified atom stereocenters. The number of hydrogen-bond donors (Lipinski definition) is 5. The highest BCUT2D eigenvalue weighted by atomic mass is 16.2. The van der Waals surface area contributed by atoms with Gasteiger partial charge >= 0.3 is 6.03 Å². The van der Waals surface area contributed by atoms with E-state index in [9.17, 15) is 14.4 Å². The third-order valence-corrected chi connectivity index (χ3v) is 5.35. The Bertz CT molecular complexity index is 1170. The number of anilines is 2. The normalized spacial score (nSPS) is 11.9. The number of carbonyl (C=O) groups excluding carboxylic acids is 3. The van der Waals surface area contributed by atoms with Crippen LogP contribution < -0.4 is 26.6 Å². The van der Waals surface area contributed by atoms with Crippen LogP contribution in [0.1, 0.15) is 26.3 Å². The smallest absolute Gasteiger partial charge is 0.318 e. The van der Waals surface area contributed by atoms with Crippen LogP contribution in [0.4, 0.5) is 16.3 Å². The van der Waals surface area contributed by atoms with E-state index in [0.29, 0.717) is 11.5 Å². The van der Waals surface area contributed by atoms with Gasteiger partial charge in [0.25, 0.3) is 5.91 Å². The Morgan fingerprint density at radius 1 is 1.11 bits per heavy atom. The number of nitrogens with two attached hydrogens (primary N) is 1. The lowest BCUT2D eigenvalue weighted by Crippen LogP contribution is -2.55. The topological polar surface area (TPSA) is 145 Å². The maximum Gasteiger partial charge on any atom is 0.318 e. The molecule has 10 heteroatoms. The van der Waals surface area contributed by atoms with Crippen molar-refractivity contribution < 1.29 is 14.4 Å². The minimum Gasteiger partial charge on any atom is -0.343 e. The summed E-state index contributed by atoms with van der Waals surface area (Å²) >= 11 is 0. The monoisotopic (exact) mass is 477 g/mol. The predicted molar refractivity (Wildman–Crippen MR) is 136 cm³/mol. The number of urea groups is 1. The molecule has 10 nitrogen and oxygen atoms in total. The quantitative estimate of drug-likeness (QED) is 0.339. The molecule has 3 rings (SSSR count). The van der Waals surface area contributed by atoms with E-state index in [1.165, 1.54) is 11.2 Å². The molecule has 0 saturated carbocycles. The highest BCUT2D eigenvalue weighted by Crippen LogP contribution is 2.28. The molecule has 2 aromatic carbocycles. The van der Waals surface area contributed by atoms with Crippen LogP contribution in [0.2, 0.25) is 0 Å². The van der Waals surface area contributed by atoms with Gasteiger partial charge in [0, 0.05) is 12.6 Å². The number of benzene rings is 2. The van der Waals surface area contributed by atoms with Gasteiger partial charge in [-0.15, -0.1) is 0 Å². The van der Waals surface area contributed by atoms with Gasteiger partial charge in [0.05, 0.1) is 30.3 Å². The second-order valence-corrected chi connectivity index (χ2v) is 8.72.